The van der Waals surface area contributed by atoms with Crippen LogP contribution >= 0.6 is 0 Å². The minimum atomic E-state index is -0.913. The Balaban J connectivity index is 1.15. The van der Waals surface area contributed by atoms with Gasteiger partial charge in [0.15, 0.2) is 0 Å². The first-order chi connectivity index (χ1) is 15.6. The molecule has 2 aliphatic rings. The maximum absolute atomic E-state index is 11.4. The molecule has 0 saturated carbocycles. The number of pyridine rings is 1. The van der Waals surface area contributed by atoms with Crippen LogP contribution in [-0.2, 0) is 18.4 Å². The van der Waals surface area contributed by atoms with Crippen LogP contribution in [0.4, 0.5) is 0 Å². The van der Waals surface area contributed by atoms with Crippen LogP contribution in [0.2, 0.25) is 0 Å². The molecule has 1 unspecified atom stereocenters. The maximum atomic E-state index is 11.4. The fourth-order valence-corrected chi connectivity index (χ4v) is 5.21. The number of ether oxygens (including phenoxy) is 1. The lowest BCUT2D eigenvalue weighted by atomic mass is 9.83. The highest BCUT2D eigenvalue weighted by atomic mass is 16.5. The van der Waals surface area contributed by atoms with Crippen molar-refractivity contribution < 1.29 is 14.9 Å². The van der Waals surface area contributed by atoms with Crippen LogP contribution < -0.4 is 4.74 Å². The molecule has 5 heteroatoms. The van der Waals surface area contributed by atoms with E-state index in [1.165, 1.54) is 30.4 Å². The number of nitrogens with zero attached hydrogens (tertiary/aromatic N) is 2. The smallest absolute Gasteiger partial charge is 0.119 e. The van der Waals surface area contributed by atoms with E-state index < -0.39 is 11.8 Å². The molecule has 2 N–H and O–H groups in total. The van der Waals surface area contributed by atoms with Gasteiger partial charge in [0.2, 0.25) is 0 Å². The van der Waals surface area contributed by atoms with Gasteiger partial charge in [0.05, 0.1) is 12.2 Å². The Hall–Kier alpha value is -2.47. The van der Waals surface area contributed by atoms with Crippen molar-refractivity contribution in [3.05, 3.63) is 71.5 Å². The standard InChI is InChI=1S/C27H32N2O3/c30-26(11-16-32-23-10-9-20-5-1-2-6-21(20)17-23)29-14-12-27(31,13-15-29)25-19-28-18-22-7-3-4-8-24(22)25/h3-4,7-10,17-19,26,30-31H,1-2,5-6,11-16H2. The predicted molar refractivity (Wildman–Crippen MR) is 126 cm³/mol. The molecule has 2 heterocycles. The van der Waals surface area contributed by atoms with Crippen molar-refractivity contribution in [1.29, 1.82) is 0 Å². The van der Waals surface area contributed by atoms with Gasteiger partial charge in [-0.3, -0.25) is 9.88 Å². The monoisotopic (exact) mass is 432 g/mol. The number of aryl methyl sites for hydroxylation is 2. The second-order valence-corrected chi connectivity index (χ2v) is 9.23. The molecular formula is C27H32N2O3. The van der Waals surface area contributed by atoms with Gasteiger partial charge in [-0.2, -0.15) is 0 Å². The fraction of sp³-hybridized carbons (Fsp3) is 0.444. The van der Waals surface area contributed by atoms with E-state index in [0.717, 1.165) is 28.5 Å². The van der Waals surface area contributed by atoms with Gasteiger partial charge in [-0.25, -0.2) is 0 Å². The quantitative estimate of drug-likeness (QED) is 0.612. The molecule has 1 saturated heterocycles. The normalized spacial score (nSPS) is 19.4. The third-order valence-electron chi connectivity index (χ3n) is 7.18. The number of fused-ring (bicyclic) bond motifs is 2. The van der Waals surface area contributed by atoms with Crippen molar-refractivity contribution in [3.8, 4) is 5.75 Å². The van der Waals surface area contributed by atoms with Crippen LogP contribution in [0.5, 0.6) is 5.75 Å². The number of benzene rings is 2. The van der Waals surface area contributed by atoms with Crippen LogP contribution in [-0.4, -0.2) is 46.0 Å². The molecule has 0 radical (unpaired) electrons. The summed E-state index contributed by atoms with van der Waals surface area (Å²) in [5.41, 5.74) is 2.84. The lowest BCUT2D eigenvalue weighted by molar-refractivity contribution is -0.0814. The van der Waals surface area contributed by atoms with Crippen LogP contribution in [0.3, 0.4) is 0 Å². The highest BCUT2D eigenvalue weighted by Gasteiger charge is 2.37. The molecule has 1 aromatic heterocycles. The summed E-state index contributed by atoms with van der Waals surface area (Å²) >= 11 is 0. The zero-order valence-corrected chi connectivity index (χ0v) is 18.5. The number of rotatable bonds is 6. The SMILES string of the molecule is OC(CCOc1ccc2c(c1)CCCC2)N1CCC(O)(c2cncc3ccccc23)CC1. The molecule has 32 heavy (non-hydrogen) atoms. The Bertz CT molecular complexity index is 1070. The number of hydrogen-bond acceptors (Lipinski definition) is 5. The maximum Gasteiger partial charge on any atom is 0.119 e. The molecule has 0 amide bonds. The zero-order valence-electron chi connectivity index (χ0n) is 18.5. The molecule has 5 rings (SSSR count). The van der Waals surface area contributed by atoms with E-state index in [-0.39, 0.29) is 0 Å². The van der Waals surface area contributed by atoms with E-state index in [1.54, 1.807) is 6.20 Å². The van der Waals surface area contributed by atoms with Gasteiger partial charge in [-0.05, 0) is 67.2 Å². The summed E-state index contributed by atoms with van der Waals surface area (Å²) in [4.78, 5) is 6.39. The lowest BCUT2D eigenvalue weighted by Gasteiger charge is -2.40. The molecule has 2 aromatic carbocycles. The first-order valence-corrected chi connectivity index (χ1v) is 11.8. The third kappa shape index (κ3) is 4.38. The van der Waals surface area contributed by atoms with Crippen LogP contribution in [0.15, 0.2) is 54.9 Å². The van der Waals surface area contributed by atoms with Crippen molar-refractivity contribution in [2.75, 3.05) is 19.7 Å². The van der Waals surface area contributed by atoms with Gasteiger partial charge in [-0.1, -0.05) is 30.3 Å². The molecule has 0 spiro atoms. The molecule has 1 atom stereocenters. The summed E-state index contributed by atoms with van der Waals surface area (Å²) in [5, 5.41) is 24.2. The van der Waals surface area contributed by atoms with Crippen molar-refractivity contribution in [2.45, 2.75) is 56.8 Å². The van der Waals surface area contributed by atoms with Crippen LogP contribution in [0, 0.1) is 0 Å². The second kappa shape index (κ2) is 9.18. The number of piperidine rings is 1. The van der Waals surface area contributed by atoms with Crippen molar-refractivity contribution in [1.82, 2.24) is 9.88 Å². The molecule has 1 aliphatic heterocycles. The summed E-state index contributed by atoms with van der Waals surface area (Å²) in [6, 6.07) is 14.5. The summed E-state index contributed by atoms with van der Waals surface area (Å²) < 4.78 is 5.95. The van der Waals surface area contributed by atoms with Gasteiger partial charge >= 0.3 is 0 Å². The first kappa shape index (κ1) is 21.4. The van der Waals surface area contributed by atoms with Crippen molar-refractivity contribution in [2.24, 2.45) is 0 Å². The van der Waals surface area contributed by atoms with Gasteiger partial charge in [-0.15, -0.1) is 0 Å². The van der Waals surface area contributed by atoms with Crippen molar-refractivity contribution >= 4 is 10.8 Å². The number of aromatic nitrogens is 1. The minimum Gasteiger partial charge on any atom is -0.493 e. The van der Waals surface area contributed by atoms with E-state index in [0.29, 0.717) is 39.0 Å². The summed E-state index contributed by atoms with van der Waals surface area (Å²) in [6.45, 7) is 1.76. The largest absolute Gasteiger partial charge is 0.493 e. The molecule has 3 aromatic rings. The van der Waals surface area contributed by atoms with E-state index in [4.69, 9.17) is 4.74 Å². The molecule has 0 bridgehead atoms. The highest BCUT2D eigenvalue weighted by molar-refractivity contribution is 5.85. The summed E-state index contributed by atoms with van der Waals surface area (Å²) in [6.07, 6.45) is 9.60. The van der Waals surface area contributed by atoms with Crippen LogP contribution in [0.1, 0.15) is 48.8 Å². The minimum absolute atomic E-state index is 0.480. The van der Waals surface area contributed by atoms with E-state index >= 15 is 0 Å². The Morgan fingerprint density at radius 1 is 1.00 bits per heavy atom. The lowest BCUT2D eigenvalue weighted by Crippen LogP contribution is -2.47. The molecule has 5 nitrogen and oxygen atoms in total. The first-order valence-electron chi connectivity index (χ1n) is 11.8. The summed E-state index contributed by atoms with van der Waals surface area (Å²) in [7, 11) is 0. The number of aliphatic hydroxyl groups excluding tert-OH is 1. The topological polar surface area (TPSA) is 65.8 Å². The Morgan fingerprint density at radius 2 is 1.78 bits per heavy atom. The average Bonchev–Trinajstić information content (AvgIpc) is 2.84. The van der Waals surface area contributed by atoms with Crippen LogP contribution in [0.25, 0.3) is 10.8 Å². The highest BCUT2D eigenvalue weighted by Crippen LogP contribution is 2.37. The van der Waals surface area contributed by atoms with Crippen molar-refractivity contribution in [3.63, 3.8) is 0 Å². The predicted octanol–water partition coefficient (Wildman–Crippen LogP) is 4.18. The zero-order chi connectivity index (χ0) is 22.0. The summed E-state index contributed by atoms with van der Waals surface area (Å²) in [5.74, 6) is 0.898. The average molecular weight is 433 g/mol. The Morgan fingerprint density at radius 3 is 2.62 bits per heavy atom. The number of likely N-dealkylation sites (tertiary alicyclic amines) is 1. The number of hydrogen-bond donors (Lipinski definition) is 2. The van der Waals surface area contributed by atoms with E-state index in [2.05, 4.69) is 23.2 Å². The van der Waals surface area contributed by atoms with Gasteiger partial charge in [0, 0.05) is 42.9 Å². The van der Waals surface area contributed by atoms with Gasteiger partial charge < -0.3 is 14.9 Å². The number of aliphatic hydroxyl groups is 2. The van der Waals surface area contributed by atoms with E-state index in [9.17, 15) is 10.2 Å². The Kier molecular flexibility index (Phi) is 6.13. The molecule has 1 fully saturated rings. The second-order valence-electron chi connectivity index (χ2n) is 9.23. The van der Waals surface area contributed by atoms with Gasteiger partial charge in [0.25, 0.3) is 0 Å². The molecule has 1 aliphatic carbocycles. The fourth-order valence-electron chi connectivity index (χ4n) is 5.21. The molecule has 168 valence electrons. The third-order valence-corrected chi connectivity index (χ3v) is 7.18. The van der Waals surface area contributed by atoms with Gasteiger partial charge in [0.1, 0.15) is 12.0 Å². The molecular weight excluding hydrogens is 400 g/mol. The Labute approximate surface area is 189 Å². The van der Waals surface area contributed by atoms with E-state index in [1.807, 2.05) is 35.4 Å².